The lowest BCUT2D eigenvalue weighted by Crippen LogP contribution is -2.47. The number of aryl methyl sites for hydroxylation is 1. The summed E-state index contributed by atoms with van der Waals surface area (Å²) in [6.07, 6.45) is 0. The van der Waals surface area contributed by atoms with Crippen molar-refractivity contribution in [2.75, 3.05) is 74.3 Å². The summed E-state index contributed by atoms with van der Waals surface area (Å²) < 4.78 is 11.0. The lowest BCUT2D eigenvalue weighted by Gasteiger charge is -2.37. The molecule has 7 heteroatoms. The van der Waals surface area contributed by atoms with Gasteiger partial charge in [-0.3, -0.25) is 0 Å². The third kappa shape index (κ3) is 3.93. The Bertz CT molecular complexity index is 771. The van der Waals surface area contributed by atoms with Gasteiger partial charge in [0, 0.05) is 51.0 Å². The molecular weight excluding hydrogens is 342 g/mol. The molecule has 2 aliphatic rings. The summed E-state index contributed by atoms with van der Waals surface area (Å²) in [5.74, 6) is 2.77. The molecule has 0 radical (unpaired) electrons. The smallest absolute Gasteiger partial charge is 0.227 e. The van der Waals surface area contributed by atoms with Crippen LogP contribution in [0.2, 0.25) is 0 Å². The molecule has 3 heterocycles. The van der Waals surface area contributed by atoms with E-state index >= 15 is 0 Å². The second-order valence-electron chi connectivity index (χ2n) is 6.91. The highest BCUT2D eigenvalue weighted by atomic mass is 16.5. The van der Waals surface area contributed by atoms with E-state index in [9.17, 15) is 0 Å². The van der Waals surface area contributed by atoms with Crippen LogP contribution in [0.25, 0.3) is 0 Å². The van der Waals surface area contributed by atoms with Gasteiger partial charge in [0.25, 0.3) is 0 Å². The first-order valence-electron chi connectivity index (χ1n) is 9.56. The molecule has 2 fully saturated rings. The van der Waals surface area contributed by atoms with Crippen LogP contribution in [-0.2, 0) is 4.74 Å². The van der Waals surface area contributed by atoms with Crippen LogP contribution in [-0.4, -0.2) is 69.6 Å². The largest absolute Gasteiger partial charge is 0.495 e. The molecule has 7 nitrogen and oxygen atoms in total. The van der Waals surface area contributed by atoms with Crippen LogP contribution in [0.4, 0.5) is 17.5 Å². The summed E-state index contributed by atoms with van der Waals surface area (Å²) in [4.78, 5) is 16.4. The maximum atomic E-state index is 5.52. The molecule has 4 rings (SSSR count). The molecule has 0 atom stereocenters. The molecule has 0 spiro atoms. The summed E-state index contributed by atoms with van der Waals surface area (Å²) in [7, 11) is 1.73. The zero-order chi connectivity index (χ0) is 18.6. The lowest BCUT2D eigenvalue weighted by molar-refractivity contribution is 0.122. The SMILES string of the molecule is COc1ccccc1N1CCN(c2cc(C)nc(N3CCOCC3)n2)CC1. The van der Waals surface area contributed by atoms with Crippen molar-refractivity contribution < 1.29 is 9.47 Å². The van der Waals surface area contributed by atoms with Crippen molar-refractivity contribution in [3.8, 4) is 5.75 Å². The normalized spacial score (nSPS) is 17.9. The number of hydrogen-bond acceptors (Lipinski definition) is 7. The summed E-state index contributed by atoms with van der Waals surface area (Å²) in [5, 5.41) is 0. The second-order valence-corrected chi connectivity index (χ2v) is 6.91. The fraction of sp³-hybridized carbons (Fsp3) is 0.500. The van der Waals surface area contributed by atoms with E-state index in [0.717, 1.165) is 81.4 Å². The van der Waals surface area contributed by atoms with Crippen molar-refractivity contribution in [2.45, 2.75) is 6.92 Å². The highest BCUT2D eigenvalue weighted by Crippen LogP contribution is 2.29. The third-order valence-electron chi connectivity index (χ3n) is 5.15. The van der Waals surface area contributed by atoms with Crippen LogP contribution >= 0.6 is 0 Å². The van der Waals surface area contributed by atoms with E-state index in [1.165, 1.54) is 0 Å². The minimum atomic E-state index is 0.740. The number of aromatic nitrogens is 2. The van der Waals surface area contributed by atoms with Crippen molar-refractivity contribution in [2.24, 2.45) is 0 Å². The van der Waals surface area contributed by atoms with Crippen molar-refractivity contribution in [3.63, 3.8) is 0 Å². The Kier molecular flexibility index (Phi) is 5.29. The number of hydrogen-bond donors (Lipinski definition) is 0. The molecule has 0 amide bonds. The van der Waals surface area contributed by atoms with Gasteiger partial charge in [-0.1, -0.05) is 12.1 Å². The molecule has 2 aromatic rings. The number of methoxy groups -OCH3 is 1. The van der Waals surface area contributed by atoms with Crippen LogP contribution in [0.5, 0.6) is 5.75 Å². The Morgan fingerprint density at radius 3 is 2.33 bits per heavy atom. The van der Waals surface area contributed by atoms with Crippen LogP contribution in [0.3, 0.4) is 0 Å². The predicted molar refractivity (Wildman–Crippen MR) is 107 cm³/mol. The van der Waals surface area contributed by atoms with Gasteiger partial charge in [-0.05, 0) is 19.1 Å². The van der Waals surface area contributed by atoms with Gasteiger partial charge in [-0.25, -0.2) is 4.98 Å². The van der Waals surface area contributed by atoms with Crippen molar-refractivity contribution in [1.29, 1.82) is 0 Å². The molecule has 0 bridgehead atoms. The van der Waals surface area contributed by atoms with Gasteiger partial charge in [-0.15, -0.1) is 0 Å². The van der Waals surface area contributed by atoms with E-state index < -0.39 is 0 Å². The monoisotopic (exact) mass is 369 g/mol. The van der Waals surface area contributed by atoms with E-state index in [0.29, 0.717) is 0 Å². The number of anilines is 3. The number of nitrogens with zero attached hydrogens (tertiary/aromatic N) is 5. The Balaban J connectivity index is 1.47. The molecule has 0 aliphatic carbocycles. The second kappa shape index (κ2) is 8.00. The molecule has 0 N–H and O–H groups in total. The molecular formula is C20H27N5O2. The fourth-order valence-corrected chi connectivity index (χ4v) is 3.67. The van der Waals surface area contributed by atoms with E-state index in [2.05, 4.69) is 37.9 Å². The Morgan fingerprint density at radius 2 is 1.59 bits per heavy atom. The molecule has 2 saturated heterocycles. The van der Waals surface area contributed by atoms with Crippen LogP contribution < -0.4 is 19.4 Å². The summed E-state index contributed by atoms with van der Waals surface area (Å²) in [6, 6.07) is 10.3. The predicted octanol–water partition coefficient (Wildman–Crippen LogP) is 1.96. The highest BCUT2D eigenvalue weighted by molar-refractivity contribution is 5.59. The van der Waals surface area contributed by atoms with Crippen LogP contribution in [0, 0.1) is 6.92 Å². The molecule has 144 valence electrons. The average Bonchev–Trinajstić information content (AvgIpc) is 2.74. The summed E-state index contributed by atoms with van der Waals surface area (Å²) >= 11 is 0. The minimum absolute atomic E-state index is 0.740. The number of para-hydroxylation sites is 2. The number of piperazine rings is 1. The van der Waals surface area contributed by atoms with Crippen molar-refractivity contribution in [1.82, 2.24) is 9.97 Å². The number of benzene rings is 1. The Hall–Kier alpha value is -2.54. The quantitative estimate of drug-likeness (QED) is 0.816. The van der Waals surface area contributed by atoms with E-state index in [1.54, 1.807) is 7.11 Å². The molecule has 1 aromatic carbocycles. The van der Waals surface area contributed by atoms with E-state index in [-0.39, 0.29) is 0 Å². The summed E-state index contributed by atoms with van der Waals surface area (Å²) in [5.41, 5.74) is 2.17. The first-order valence-corrected chi connectivity index (χ1v) is 9.56. The first kappa shape index (κ1) is 17.9. The van der Waals surface area contributed by atoms with Crippen molar-refractivity contribution in [3.05, 3.63) is 36.0 Å². The fourth-order valence-electron chi connectivity index (χ4n) is 3.67. The zero-order valence-corrected chi connectivity index (χ0v) is 16.1. The molecule has 0 saturated carbocycles. The van der Waals surface area contributed by atoms with Gasteiger partial charge >= 0.3 is 0 Å². The Labute approximate surface area is 160 Å². The van der Waals surface area contributed by atoms with Gasteiger partial charge < -0.3 is 24.2 Å². The minimum Gasteiger partial charge on any atom is -0.495 e. The maximum absolute atomic E-state index is 5.52. The number of ether oxygens (including phenoxy) is 2. The zero-order valence-electron chi connectivity index (χ0n) is 16.1. The van der Waals surface area contributed by atoms with E-state index in [4.69, 9.17) is 14.5 Å². The van der Waals surface area contributed by atoms with Gasteiger partial charge in [0.1, 0.15) is 11.6 Å². The summed E-state index contributed by atoms with van der Waals surface area (Å²) in [6.45, 7) is 8.96. The highest BCUT2D eigenvalue weighted by Gasteiger charge is 2.22. The van der Waals surface area contributed by atoms with Gasteiger partial charge in [0.2, 0.25) is 5.95 Å². The standard InChI is InChI=1S/C20H27N5O2/c1-16-15-19(22-20(21-16)25-11-13-27-14-12-25)24-9-7-23(8-10-24)17-5-3-4-6-18(17)26-2/h3-6,15H,7-14H2,1-2H3. The van der Waals surface area contributed by atoms with Gasteiger partial charge in [-0.2, -0.15) is 4.98 Å². The molecule has 1 aromatic heterocycles. The number of morpholine rings is 1. The number of rotatable bonds is 4. The molecule has 27 heavy (non-hydrogen) atoms. The van der Waals surface area contributed by atoms with Gasteiger partial charge in [0.05, 0.1) is 26.0 Å². The average molecular weight is 369 g/mol. The third-order valence-corrected chi connectivity index (χ3v) is 5.15. The topological polar surface area (TPSA) is 54.0 Å². The lowest BCUT2D eigenvalue weighted by atomic mass is 10.2. The maximum Gasteiger partial charge on any atom is 0.227 e. The molecule has 2 aliphatic heterocycles. The van der Waals surface area contributed by atoms with Crippen LogP contribution in [0.1, 0.15) is 5.69 Å². The van der Waals surface area contributed by atoms with Crippen LogP contribution in [0.15, 0.2) is 30.3 Å². The van der Waals surface area contributed by atoms with Crippen molar-refractivity contribution >= 4 is 17.5 Å². The molecule has 0 unspecified atom stereocenters. The Morgan fingerprint density at radius 1 is 0.889 bits per heavy atom. The first-order chi connectivity index (χ1) is 13.2. The van der Waals surface area contributed by atoms with Gasteiger partial charge in [0.15, 0.2) is 0 Å². The van der Waals surface area contributed by atoms with E-state index in [1.807, 2.05) is 19.1 Å².